The number of piperidine rings is 1. The fourth-order valence-corrected chi connectivity index (χ4v) is 3.67. The van der Waals surface area contributed by atoms with Gasteiger partial charge in [-0.1, -0.05) is 18.2 Å². The number of carbonyl (C=O) groups excluding carboxylic acids is 2. The molecule has 0 spiro atoms. The molecule has 2 heterocycles. The summed E-state index contributed by atoms with van der Waals surface area (Å²) in [5.41, 5.74) is 0.794. The number of likely N-dealkylation sites (tertiary alicyclic amines) is 1. The van der Waals surface area contributed by atoms with E-state index in [1.807, 2.05) is 49.1 Å². The third-order valence-corrected chi connectivity index (χ3v) is 4.89. The van der Waals surface area contributed by atoms with E-state index >= 15 is 0 Å². The van der Waals surface area contributed by atoms with E-state index in [4.69, 9.17) is 4.74 Å². The fraction of sp³-hybridized carbons (Fsp3) is 0.579. The molecule has 3 rings (SSSR count). The highest BCUT2D eigenvalue weighted by molar-refractivity contribution is 5.89. The van der Waals surface area contributed by atoms with Gasteiger partial charge in [0.2, 0.25) is 5.91 Å². The highest BCUT2D eigenvalue weighted by Gasteiger charge is 2.33. The second-order valence-corrected chi connectivity index (χ2v) is 7.06. The topological polar surface area (TPSA) is 61.9 Å². The number of hydrogen-bond acceptors (Lipinski definition) is 3. The Bertz CT molecular complexity index is 589. The first-order valence-electron chi connectivity index (χ1n) is 9.08. The minimum atomic E-state index is -0.0919. The standard InChI is InChI=1S/C19H27N3O3/c1-14-12-22(13-15(2)25-14)18(23)16-8-10-21(11-9-16)19(24)20-17-6-4-3-5-7-17/h3-7,14-16H,8-13H2,1-2H3,(H,20,24)/t14-,15-/m0/s1. The summed E-state index contributed by atoms with van der Waals surface area (Å²) in [7, 11) is 0. The van der Waals surface area contributed by atoms with E-state index in [0.717, 1.165) is 18.5 Å². The number of benzene rings is 1. The molecule has 2 atom stereocenters. The summed E-state index contributed by atoms with van der Waals surface area (Å²) in [4.78, 5) is 28.8. The molecule has 1 aromatic carbocycles. The van der Waals surface area contributed by atoms with Gasteiger partial charge in [-0.15, -0.1) is 0 Å². The van der Waals surface area contributed by atoms with Crippen molar-refractivity contribution in [3.63, 3.8) is 0 Å². The smallest absolute Gasteiger partial charge is 0.321 e. The molecule has 0 bridgehead atoms. The Morgan fingerprint density at radius 2 is 1.60 bits per heavy atom. The van der Waals surface area contributed by atoms with Gasteiger partial charge in [-0.3, -0.25) is 4.79 Å². The molecule has 2 aliphatic rings. The zero-order valence-corrected chi connectivity index (χ0v) is 15.0. The van der Waals surface area contributed by atoms with Crippen molar-refractivity contribution in [1.29, 1.82) is 0 Å². The highest BCUT2D eigenvalue weighted by atomic mass is 16.5. The Morgan fingerprint density at radius 3 is 2.20 bits per heavy atom. The van der Waals surface area contributed by atoms with Crippen LogP contribution < -0.4 is 5.32 Å². The second-order valence-electron chi connectivity index (χ2n) is 7.06. The molecule has 6 heteroatoms. The maximum absolute atomic E-state index is 12.8. The van der Waals surface area contributed by atoms with E-state index in [1.165, 1.54) is 0 Å². The second kappa shape index (κ2) is 7.87. The summed E-state index contributed by atoms with van der Waals surface area (Å²) < 4.78 is 5.70. The van der Waals surface area contributed by atoms with E-state index in [2.05, 4.69) is 5.32 Å². The number of carbonyl (C=O) groups is 2. The number of hydrogen-bond donors (Lipinski definition) is 1. The van der Waals surface area contributed by atoms with Crippen LogP contribution in [0.2, 0.25) is 0 Å². The number of urea groups is 1. The molecule has 0 unspecified atom stereocenters. The number of rotatable bonds is 2. The lowest BCUT2D eigenvalue weighted by Crippen LogP contribution is -2.52. The van der Waals surface area contributed by atoms with Crippen molar-refractivity contribution < 1.29 is 14.3 Å². The molecule has 1 N–H and O–H groups in total. The molecule has 25 heavy (non-hydrogen) atoms. The van der Waals surface area contributed by atoms with Crippen molar-refractivity contribution in [2.45, 2.75) is 38.9 Å². The molecule has 0 radical (unpaired) electrons. The third kappa shape index (κ3) is 4.51. The molecule has 0 aliphatic carbocycles. The number of anilines is 1. The predicted octanol–water partition coefficient (Wildman–Crippen LogP) is 2.57. The minimum Gasteiger partial charge on any atom is -0.372 e. The first kappa shape index (κ1) is 17.7. The molecular formula is C19H27N3O3. The fourth-order valence-electron chi connectivity index (χ4n) is 3.67. The summed E-state index contributed by atoms with van der Waals surface area (Å²) in [5, 5.41) is 2.91. The van der Waals surface area contributed by atoms with Crippen LogP contribution in [-0.4, -0.2) is 60.1 Å². The lowest BCUT2D eigenvalue weighted by molar-refractivity contribution is -0.148. The van der Waals surface area contributed by atoms with Crippen molar-refractivity contribution in [3.05, 3.63) is 30.3 Å². The van der Waals surface area contributed by atoms with Crippen molar-refractivity contribution in [2.75, 3.05) is 31.5 Å². The first-order valence-corrected chi connectivity index (χ1v) is 9.08. The van der Waals surface area contributed by atoms with Crippen molar-refractivity contribution in [1.82, 2.24) is 9.80 Å². The molecule has 1 aromatic rings. The Morgan fingerprint density at radius 1 is 1.00 bits per heavy atom. The summed E-state index contributed by atoms with van der Waals surface area (Å²) in [5.74, 6) is 0.225. The summed E-state index contributed by atoms with van der Waals surface area (Å²) in [6, 6.07) is 9.35. The average Bonchev–Trinajstić information content (AvgIpc) is 2.61. The first-order chi connectivity index (χ1) is 12.0. The van der Waals surface area contributed by atoms with Gasteiger partial charge >= 0.3 is 6.03 Å². The van der Waals surface area contributed by atoms with Crippen LogP contribution in [0.4, 0.5) is 10.5 Å². The van der Waals surface area contributed by atoms with Crippen LogP contribution in [0.25, 0.3) is 0 Å². The predicted molar refractivity (Wildman–Crippen MR) is 96.3 cm³/mol. The Kier molecular flexibility index (Phi) is 5.58. The lowest BCUT2D eigenvalue weighted by Gasteiger charge is -2.39. The Labute approximate surface area is 149 Å². The van der Waals surface area contributed by atoms with E-state index < -0.39 is 0 Å². The molecule has 0 aromatic heterocycles. The molecule has 6 nitrogen and oxygen atoms in total. The van der Waals surface area contributed by atoms with Crippen LogP contribution in [0.3, 0.4) is 0 Å². The lowest BCUT2D eigenvalue weighted by atomic mass is 9.95. The van der Waals surface area contributed by atoms with Crippen LogP contribution in [0.5, 0.6) is 0 Å². The zero-order chi connectivity index (χ0) is 17.8. The van der Waals surface area contributed by atoms with Gasteiger partial charge in [-0.25, -0.2) is 4.79 Å². The SMILES string of the molecule is C[C@H]1CN(C(=O)C2CCN(C(=O)Nc3ccccc3)CC2)C[C@H](C)O1. The van der Waals surface area contributed by atoms with Gasteiger partial charge < -0.3 is 19.9 Å². The van der Waals surface area contributed by atoms with Crippen LogP contribution in [0.1, 0.15) is 26.7 Å². The van der Waals surface area contributed by atoms with E-state index in [-0.39, 0.29) is 30.1 Å². The van der Waals surface area contributed by atoms with Gasteiger partial charge in [-0.2, -0.15) is 0 Å². The third-order valence-electron chi connectivity index (χ3n) is 4.89. The Hall–Kier alpha value is -2.08. The van der Waals surface area contributed by atoms with Crippen molar-refractivity contribution >= 4 is 17.6 Å². The normalized spacial score (nSPS) is 24.9. The van der Waals surface area contributed by atoms with Gasteiger partial charge in [0, 0.05) is 37.8 Å². The van der Waals surface area contributed by atoms with E-state index in [0.29, 0.717) is 26.2 Å². The molecule has 2 fully saturated rings. The number of morpholine rings is 1. The van der Waals surface area contributed by atoms with Gasteiger partial charge in [0.25, 0.3) is 0 Å². The maximum Gasteiger partial charge on any atom is 0.321 e. The monoisotopic (exact) mass is 345 g/mol. The zero-order valence-electron chi connectivity index (χ0n) is 15.0. The number of amides is 3. The van der Waals surface area contributed by atoms with Crippen LogP contribution in [0.15, 0.2) is 30.3 Å². The van der Waals surface area contributed by atoms with Gasteiger partial charge in [0.05, 0.1) is 12.2 Å². The van der Waals surface area contributed by atoms with E-state index in [9.17, 15) is 9.59 Å². The Balaban J connectivity index is 1.49. The number of nitrogens with one attached hydrogen (secondary N) is 1. The van der Waals surface area contributed by atoms with Crippen molar-refractivity contribution in [3.8, 4) is 0 Å². The average molecular weight is 345 g/mol. The summed E-state index contributed by atoms with van der Waals surface area (Å²) in [6.07, 6.45) is 1.62. The number of para-hydroxylation sites is 1. The molecule has 0 saturated carbocycles. The largest absolute Gasteiger partial charge is 0.372 e. The van der Waals surface area contributed by atoms with Crippen LogP contribution in [-0.2, 0) is 9.53 Å². The summed E-state index contributed by atoms with van der Waals surface area (Å²) >= 11 is 0. The summed E-state index contributed by atoms with van der Waals surface area (Å²) in [6.45, 7) is 6.57. The maximum atomic E-state index is 12.8. The molecule has 3 amide bonds. The quantitative estimate of drug-likeness (QED) is 0.896. The molecule has 2 saturated heterocycles. The number of nitrogens with zero attached hydrogens (tertiary/aromatic N) is 2. The van der Waals surface area contributed by atoms with Gasteiger partial charge in [-0.05, 0) is 38.8 Å². The molecule has 2 aliphatic heterocycles. The minimum absolute atomic E-state index is 0.0123. The number of ether oxygens (including phenoxy) is 1. The van der Waals surface area contributed by atoms with Crippen LogP contribution in [0, 0.1) is 5.92 Å². The van der Waals surface area contributed by atoms with Gasteiger partial charge in [0.15, 0.2) is 0 Å². The van der Waals surface area contributed by atoms with Crippen molar-refractivity contribution in [2.24, 2.45) is 5.92 Å². The van der Waals surface area contributed by atoms with E-state index in [1.54, 1.807) is 4.90 Å². The van der Waals surface area contributed by atoms with Gasteiger partial charge in [0.1, 0.15) is 0 Å². The van der Waals surface area contributed by atoms with Crippen LogP contribution >= 0.6 is 0 Å². The molecular weight excluding hydrogens is 318 g/mol. The molecule has 136 valence electrons. The highest BCUT2D eigenvalue weighted by Crippen LogP contribution is 2.22.